The lowest BCUT2D eigenvalue weighted by Gasteiger charge is -2.24. The SMILES string of the molecule is CC(C)CC(N)CN1CCCC(C)CC1. The third-order valence-corrected chi connectivity index (χ3v) is 3.38. The van der Waals surface area contributed by atoms with Crippen LogP contribution in [-0.2, 0) is 0 Å². The maximum absolute atomic E-state index is 6.15. The third kappa shape index (κ3) is 5.53. The van der Waals surface area contributed by atoms with Crippen molar-refractivity contribution in [3.05, 3.63) is 0 Å². The Morgan fingerprint density at radius 2 is 2.00 bits per heavy atom. The number of nitrogens with two attached hydrogens (primary N) is 1. The van der Waals surface area contributed by atoms with E-state index in [1.165, 1.54) is 32.4 Å². The van der Waals surface area contributed by atoms with Crippen LogP contribution in [-0.4, -0.2) is 30.6 Å². The molecule has 0 radical (unpaired) electrons. The summed E-state index contributed by atoms with van der Waals surface area (Å²) in [6, 6.07) is 0.374. The first kappa shape index (κ1) is 13.0. The van der Waals surface area contributed by atoms with E-state index in [-0.39, 0.29) is 0 Å². The lowest BCUT2D eigenvalue weighted by atomic mass is 10.0. The molecule has 1 rings (SSSR count). The van der Waals surface area contributed by atoms with E-state index in [1.54, 1.807) is 0 Å². The number of hydrogen-bond acceptors (Lipinski definition) is 2. The summed E-state index contributed by atoms with van der Waals surface area (Å²) in [6.45, 7) is 10.5. The van der Waals surface area contributed by atoms with Crippen LogP contribution in [0.5, 0.6) is 0 Å². The molecule has 2 heteroatoms. The molecule has 1 aliphatic rings. The molecule has 2 unspecified atom stereocenters. The van der Waals surface area contributed by atoms with Crippen molar-refractivity contribution in [3.8, 4) is 0 Å². The Morgan fingerprint density at radius 1 is 1.27 bits per heavy atom. The van der Waals surface area contributed by atoms with Crippen molar-refractivity contribution in [1.82, 2.24) is 4.90 Å². The topological polar surface area (TPSA) is 29.3 Å². The van der Waals surface area contributed by atoms with E-state index >= 15 is 0 Å². The summed E-state index contributed by atoms with van der Waals surface area (Å²) < 4.78 is 0. The standard InChI is InChI=1S/C13H28N2/c1-11(2)9-13(14)10-15-7-4-5-12(3)6-8-15/h11-13H,4-10,14H2,1-3H3. The van der Waals surface area contributed by atoms with Crippen molar-refractivity contribution in [2.24, 2.45) is 17.6 Å². The summed E-state index contributed by atoms with van der Waals surface area (Å²) in [7, 11) is 0. The average Bonchev–Trinajstić information content (AvgIpc) is 2.29. The van der Waals surface area contributed by atoms with Gasteiger partial charge in [0, 0.05) is 12.6 Å². The van der Waals surface area contributed by atoms with Crippen LogP contribution in [0.25, 0.3) is 0 Å². The van der Waals surface area contributed by atoms with Crippen molar-refractivity contribution in [3.63, 3.8) is 0 Å². The zero-order valence-electron chi connectivity index (χ0n) is 10.7. The van der Waals surface area contributed by atoms with Crippen molar-refractivity contribution < 1.29 is 0 Å². The Morgan fingerprint density at radius 3 is 2.67 bits per heavy atom. The zero-order valence-corrected chi connectivity index (χ0v) is 10.7. The van der Waals surface area contributed by atoms with Gasteiger partial charge in [-0.15, -0.1) is 0 Å². The molecular weight excluding hydrogens is 184 g/mol. The van der Waals surface area contributed by atoms with Gasteiger partial charge >= 0.3 is 0 Å². The van der Waals surface area contributed by atoms with E-state index in [2.05, 4.69) is 25.7 Å². The minimum absolute atomic E-state index is 0.374. The fraction of sp³-hybridized carbons (Fsp3) is 1.00. The lowest BCUT2D eigenvalue weighted by Crippen LogP contribution is -2.38. The largest absolute Gasteiger partial charge is 0.327 e. The fourth-order valence-electron chi connectivity index (χ4n) is 2.52. The molecule has 1 fully saturated rings. The Hall–Kier alpha value is -0.0800. The molecule has 0 amide bonds. The predicted molar refractivity (Wildman–Crippen MR) is 66.9 cm³/mol. The maximum Gasteiger partial charge on any atom is 0.0170 e. The molecule has 0 bridgehead atoms. The highest BCUT2D eigenvalue weighted by molar-refractivity contribution is 4.73. The van der Waals surface area contributed by atoms with Gasteiger partial charge in [0.05, 0.1) is 0 Å². The number of rotatable bonds is 4. The van der Waals surface area contributed by atoms with Gasteiger partial charge in [0.2, 0.25) is 0 Å². The van der Waals surface area contributed by atoms with Crippen LogP contribution in [0, 0.1) is 11.8 Å². The van der Waals surface area contributed by atoms with E-state index in [4.69, 9.17) is 5.73 Å². The van der Waals surface area contributed by atoms with Crippen LogP contribution in [0.1, 0.15) is 46.5 Å². The van der Waals surface area contributed by atoms with Gasteiger partial charge in [-0.05, 0) is 50.6 Å². The zero-order chi connectivity index (χ0) is 11.3. The number of nitrogens with zero attached hydrogens (tertiary/aromatic N) is 1. The molecule has 0 spiro atoms. The molecule has 2 N–H and O–H groups in total. The Balaban J connectivity index is 2.24. The van der Waals surface area contributed by atoms with Crippen LogP contribution < -0.4 is 5.73 Å². The molecule has 0 aromatic carbocycles. The molecular formula is C13H28N2. The molecule has 90 valence electrons. The summed E-state index contributed by atoms with van der Waals surface area (Å²) in [4.78, 5) is 2.57. The molecule has 2 nitrogen and oxygen atoms in total. The van der Waals surface area contributed by atoms with Crippen molar-refractivity contribution in [2.45, 2.75) is 52.5 Å². The van der Waals surface area contributed by atoms with Crippen LogP contribution in [0.4, 0.5) is 0 Å². The Labute approximate surface area is 95.2 Å². The van der Waals surface area contributed by atoms with E-state index in [0.29, 0.717) is 6.04 Å². The summed E-state index contributed by atoms with van der Waals surface area (Å²) >= 11 is 0. The van der Waals surface area contributed by atoms with E-state index < -0.39 is 0 Å². The molecule has 1 aliphatic heterocycles. The molecule has 0 saturated carbocycles. The Kier molecular flexibility index (Phi) is 5.62. The molecule has 1 heterocycles. The first-order chi connectivity index (χ1) is 7.08. The molecule has 15 heavy (non-hydrogen) atoms. The Bertz CT molecular complexity index is 168. The first-order valence-electron chi connectivity index (χ1n) is 6.56. The monoisotopic (exact) mass is 212 g/mol. The summed E-state index contributed by atoms with van der Waals surface area (Å²) in [5, 5.41) is 0. The fourth-order valence-corrected chi connectivity index (χ4v) is 2.52. The smallest absolute Gasteiger partial charge is 0.0170 e. The average molecular weight is 212 g/mol. The van der Waals surface area contributed by atoms with Gasteiger partial charge < -0.3 is 10.6 Å². The quantitative estimate of drug-likeness (QED) is 0.776. The van der Waals surface area contributed by atoms with Crippen LogP contribution in [0.3, 0.4) is 0 Å². The predicted octanol–water partition coefficient (Wildman–Crippen LogP) is 2.48. The van der Waals surface area contributed by atoms with Gasteiger partial charge in [0.15, 0.2) is 0 Å². The van der Waals surface area contributed by atoms with Crippen molar-refractivity contribution in [1.29, 1.82) is 0 Å². The summed E-state index contributed by atoms with van der Waals surface area (Å²) in [5.74, 6) is 1.64. The minimum atomic E-state index is 0.374. The molecule has 0 aromatic rings. The molecule has 2 atom stereocenters. The van der Waals surface area contributed by atoms with Gasteiger partial charge in [-0.3, -0.25) is 0 Å². The second-order valence-corrected chi connectivity index (χ2v) is 5.73. The lowest BCUT2D eigenvalue weighted by molar-refractivity contribution is 0.252. The number of likely N-dealkylation sites (tertiary alicyclic amines) is 1. The van der Waals surface area contributed by atoms with E-state index in [0.717, 1.165) is 24.8 Å². The van der Waals surface area contributed by atoms with Gasteiger partial charge in [-0.1, -0.05) is 20.8 Å². The van der Waals surface area contributed by atoms with E-state index in [1.807, 2.05) is 0 Å². The summed E-state index contributed by atoms with van der Waals surface area (Å²) in [5.41, 5.74) is 6.15. The highest BCUT2D eigenvalue weighted by Gasteiger charge is 2.16. The van der Waals surface area contributed by atoms with Gasteiger partial charge in [-0.25, -0.2) is 0 Å². The van der Waals surface area contributed by atoms with Gasteiger partial charge in [0.1, 0.15) is 0 Å². The normalized spacial score (nSPS) is 26.6. The van der Waals surface area contributed by atoms with Gasteiger partial charge in [-0.2, -0.15) is 0 Å². The van der Waals surface area contributed by atoms with Crippen molar-refractivity contribution >= 4 is 0 Å². The van der Waals surface area contributed by atoms with Crippen LogP contribution in [0.2, 0.25) is 0 Å². The highest BCUT2D eigenvalue weighted by Crippen LogP contribution is 2.17. The minimum Gasteiger partial charge on any atom is -0.327 e. The van der Waals surface area contributed by atoms with Crippen LogP contribution in [0.15, 0.2) is 0 Å². The molecule has 0 aromatic heterocycles. The van der Waals surface area contributed by atoms with E-state index in [9.17, 15) is 0 Å². The second kappa shape index (κ2) is 6.49. The molecule has 1 saturated heterocycles. The van der Waals surface area contributed by atoms with Crippen LogP contribution >= 0.6 is 0 Å². The van der Waals surface area contributed by atoms with Gasteiger partial charge in [0.25, 0.3) is 0 Å². The highest BCUT2D eigenvalue weighted by atomic mass is 15.1. The maximum atomic E-state index is 6.15. The third-order valence-electron chi connectivity index (χ3n) is 3.38. The first-order valence-corrected chi connectivity index (χ1v) is 6.56. The van der Waals surface area contributed by atoms with Crippen molar-refractivity contribution in [2.75, 3.05) is 19.6 Å². The second-order valence-electron chi connectivity index (χ2n) is 5.73. The molecule has 0 aliphatic carbocycles. The summed E-state index contributed by atoms with van der Waals surface area (Å²) in [6.07, 6.45) is 5.27. The number of hydrogen-bond donors (Lipinski definition) is 1.